The third-order valence-corrected chi connectivity index (χ3v) is 5.53. The maximum absolute atomic E-state index is 12.9. The molecule has 1 aliphatic carbocycles. The van der Waals surface area contributed by atoms with E-state index in [2.05, 4.69) is 44.3 Å². The van der Waals surface area contributed by atoms with Crippen molar-refractivity contribution in [1.29, 1.82) is 0 Å². The molecular formula is C23H24N6O. The molecule has 1 unspecified atom stereocenters. The highest BCUT2D eigenvalue weighted by Gasteiger charge is 2.27. The number of aromatic nitrogens is 5. The van der Waals surface area contributed by atoms with Crippen LogP contribution in [0.1, 0.15) is 60.7 Å². The molecule has 4 aromatic rings. The molecule has 1 aliphatic rings. The number of nitrogens with zero attached hydrogens (tertiary/aromatic N) is 3. The quantitative estimate of drug-likeness (QED) is 0.448. The molecule has 7 nitrogen and oxygen atoms in total. The summed E-state index contributed by atoms with van der Waals surface area (Å²) in [7, 11) is 0. The van der Waals surface area contributed by atoms with E-state index < -0.39 is 0 Å². The smallest absolute Gasteiger partial charge is 0.251 e. The Morgan fingerprint density at radius 1 is 1.07 bits per heavy atom. The van der Waals surface area contributed by atoms with Gasteiger partial charge in [-0.15, -0.1) is 0 Å². The van der Waals surface area contributed by atoms with Gasteiger partial charge >= 0.3 is 0 Å². The summed E-state index contributed by atoms with van der Waals surface area (Å²) in [6.45, 7) is 4.14. The van der Waals surface area contributed by atoms with E-state index in [1.54, 1.807) is 0 Å². The number of imidazole rings is 1. The Morgan fingerprint density at radius 3 is 2.53 bits per heavy atom. The molecule has 1 fully saturated rings. The molecule has 0 aliphatic heterocycles. The first-order chi connectivity index (χ1) is 14.6. The Bertz CT molecular complexity index is 1150. The number of nitrogens with one attached hydrogen (secondary N) is 3. The molecule has 0 saturated heterocycles. The topological polar surface area (TPSA) is 99.3 Å². The minimum absolute atomic E-state index is 0.130. The predicted octanol–water partition coefficient (Wildman–Crippen LogP) is 4.35. The molecule has 0 spiro atoms. The molecular weight excluding hydrogens is 376 g/mol. The molecule has 5 rings (SSSR count). The number of hydrogen-bond acceptors (Lipinski definition) is 4. The lowest BCUT2D eigenvalue weighted by Crippen LogP contribution is -2.32. The summed E-state index contributed by atoms with van der Waals surface area (Å²) in [6.07, 6.45) is 2.35. The van der Waals surface area contributed by atoms with Crippen molar-refractivity contribution in [3.05, 3.63) is 65.7 Å². The number of carbonyl (C=O) groups excluding carboxylic acids is 1. The summed E-state index contributed by atoms with van der Waals surface area (Å²) in [5.41, 5.74) is 3.36. The maximum Gasteiger partial charge on any atom is 0.251 e. The first kappa shape index (κ1) is 18.5. The molecule has 1 amide bonds. The van der Waals surface area contributed by atoms with Crippen molar-refractivity contribution < 1.29 is 4.79 Å². The first-order valence-electron chi connectivity index (χ1n) is 10.4. The van der Waals surface area contributed by atoms with E-state index in [0.29, 0.717) is 17.3 Å². The molecule has 2 aromatic heterocycles. The van der Waals surface area contributed by atoms with E-state index in [1.165, 1.54) is 12.8 Å². The van der Waals surface area contributed by atoms with Gasteiger partial charge < -0.3 is 10.3 Å². The van der Waals surface area contributed by atoms with Gasteiger partial charge in [-0.1, -0.05) is 38.1 Å². The fraction of sp³-hybridized carbons (Fsp3) is 0.304. The monoisotopic (exact) mass is 400 g/mol. The molecule has 2 aromatic carbocycles. The van der Waals surface area contributed by atoms with Crippen LogP contribution in [0.15, 0.2) is 48.5 Å². The van der Waals surface area contributed by atoms with E-state index in [-0.39, 0.29) is 17.9 Å². The Hall–Kier alpha value is -3.48. The average molecular weight is 400 g/mol. The first-order valence-corrected chi connectivity index (χ1v) is 10.4. The van der Waals surface area contributed by atoms with E-state index in [4.69, 9.17) is 0 Å². The SMILES string of the molecule is CC(C)C(NC(=O)c1ccc(-c2n[nH]c(C3CC3)n2)cc1)c1nc2ccccc2[nH]1. The highest BCUT2D eigenvalue weighted by molar-refractivity contribution is 5.94. The van der Waals surface area contributed by atoms with Gasteiger partial charge in [-0.3, -0.25) is 9.89 Å². The van der Waals surface area contributed by atoms with Crippen LogP contribution < -0.4 is 5.32 Å². The molecule has 1 atom stereocenters. The number of benzene rings is 2. The molecule has 2 heterocycles. The van der Waals surface area contributed by atoms with Gasteiger partial charge in [0.2, 0.25) is 0 Å². The zero-order chi connectivity index (χ0) is 20.7. The summed E-state index contributed by atoms with van der Waals surface area (Å²) in [5.74, 6) is 2.98. The normalized spacial score (nSPS) is 14.9. The Morgan fingerprint density at radius 2 is 1.83 bits per heavy atom. The van der Waals surface area contributed by atoms with Crippen molar-refractivity contribution in [3.8, 4) is 11.4 Å². The van der Waals surface area contributed by atoms with Crippen molar-refractivity contribution in [2.45, 2.75) is 38.6 Å². The number of aromatic amines is 2. The number of hydrogen-bond donors (Lipinski definition) is 3. The van der Waals surface area contributed by atoms with E-state index >= 15 is 0 Å². The summed E-state index contributed by atoms with van der Waals surface area (Å²) < 4.78 is 0. The van der Waals surface area contributed by atoms with Crippen LogP contribution >= 0.6 is 0 Å². The van der Waals surface area contributed by atoms with Crippen molar-refractivity contribution in [1.82, 2.24) is 30.5 Å². The predicted molar refractivity (Wildman–Crippen MR) is 115 cm³/mol. The van der Waals surface area contributed by atoms with E-state index in [1.807, 2.05) is 48.5 Å². The van der Waals surface area contributed by atoms with Gasteiger partial charge in [0.25, 0.3) is 5.91 Å². The Balaban J connectivity index is 1.33. The van der Waals surface area contributed by atoms with Crippen LogP contribution in [0, 0.1) is 5.92 Å². The zero-order valence-electron chi connectivity index (χ0n) is 17.0. The molecule has 0 bridgehead atoms. The zero-order valence-corrected chi connectivity index (χ0v) is 17.0. The second-order valence-corrected chi connectivity index (χ2v) is 8.23. The standard InChI is InChI=1S/C23H24N6O/c1-13(2)19(22-24-17-5-3-4-6-18(17)25-22)26-23(30)16-11-9-15(10-12-16)21-27-20(28-29-21)14-7-8-14/h3-6,9-14,19H,7-8H2,1-2H3,(H,24,25)(H,26,30)(H,27,28,29). The largest absolute Gasteiger partial charge is 0.342 e. The van der Waals surface area contributed by atoms with Crippen LogP contribution in [0.3, 0.4) is 0 Å². The van der Waals surface area contributed by atoms with Gasteiger partial charge in [0.05, 0.1) is 17.1 Å². The van der Waals surface area contributed by atoms with Gasteiger partial charge in [-0.25, -0.2) is 9.97 Å². The number of carbonyl (C=O) groups is 1. The molecule has 3 N–H and O–H groups in total. The summed E-state index contributed by atoms with van der Waals surface area (Å²) in [5, 5.41) is 10.5. The lowest BCUT2D eigenvalue weighted by molar-refractivity contribution is 0.0923. The molecule has 152 valence electrons. The van der Waals surface area contributed by atoms with Gasteiger partial charge in [0, 0.05) is 17.0 Å². The van der Waals surface area contributed by atoms with Gasteiger partial charge in [0.15, 0.2) is 5.82 Å². The van der Waals surface area contributed by atoms with Crippen LogP contribution in [-0.2, 0) is 0 Å². The highest BCUT2D eigenvalue weighted by Crippen LogP contribution is 2.38. The fourth-order valence-corrected chi connectivity index (χ4v) is 3.61. The minimum atomic E-state index is -0.210. The minimum Gasteiger partial charge on any atom is -0.342 e. The Kier molecular flexibility index (Phi) is 4.58. The summed E-state index contributed by atoms with van der Waals surface area (Å²) in [6, 6.07) is 15.1. The van der Waals surface area contributed by atoms with Crippen molar-refractivity contribution in [2.75, 3.05) is 0 Å². The number of H-pyrrole nitrogens is 2. The molecule has 30 heavy (non-hydrogen) atoms. The third-order valence-electron chi connectivity index (χ3n) is 5.53. The van der Waals surface area contributed by atoms with Crippen molar-refractivity contribution in [3.63, 3.8) is 0 Å². The van der Waals surface area contributed by atoms with Crippen molar-refractivity contribution >= 4 is 16.9 Å². The number of para-hydroxylation sites is 2. The second-order valence-electron chi connectivity index (χ2n) is 8.23. The number of amides is 1. The second kappa shape index (κ2) is 7.40. The maximum atomic E-state index is 12.9. The summed E-state index contributed by atoms with van der Waals surface area (Å²) in [4.78, 5) is 25.5. The van der Waals surface area contributed by atoms with Crippen molar-refractivity contribution in [2.24, 2.45) is 5.92 Å². The van der Waals surface area contributed by atoms with Crippen LogP contribution in [0.4, 0.5) is 0 Å². The fourth-order valence-electron chi connectivity index (χ4n) is 3.61. The molecule has 1 saturated carbocycles. The van der Waals surface area contributed by atoms with Crippen LogP contribution in [0.5, 0.6) is 0 Å². The van der Waals surface area contributed by atoms with Crippen LogP contribution in [0.2, 0.25) is 0 Å². The summed E-state index contributed by atoms with van der Waals surface area (Å²) >= 11 is 0. The van der Waals surface area contributed by atoms with Gasteiger partial charge in [0.1, 0.15) is 11.6 Å². The Labute approximate surface area is 174 Å². The highest BCUT2D eigenvalue weighted by atomic mass is 16.1. The lowest BCUT2D eigenvalue weighted by atomic mass is 10.0. The molecule has 0 radical (unpaired) electrons. The van der Waals surface area contributed by atoms with Crippen LogP contribution in [-0.4, -0.2) is 31.1 Å². The van der Waals surface area contributed by atoms with E-state index in [0.717, 1.165) is 28.2 Å². The number of fused-ring (bicyclic) bond motifs is 1. The molecule has 7 heteroatoms. The van der Waals surface area contributed by atoms with Gasteiger partial charge in [-0.05, 0) is 43.0 Å². The number of rotatable bonds is 6. The van der Waals surface area contributed by atoms with Gasteiger partial charge in [-0.2, -0.15) is 5.10 Å². The third kappa shape index (κ3) is 3.58. The average Bonchev–Trinajstić information content (AvgIpc) is 3.33. The van der Waals surface area contributed by atoms with Crippen LogP contribution in [0.25, 0.3) is 22.4 Å². The van der Waals surface area contributed by atoms with E-state index in [9.17, 15) is 4.79 Å². The lowest BCUT2D eigenvalue weighted by Gasteiger charge is -2.20.